The van der Waals surface area contributed by atoms with E-state index in [1.807, 2.05) is 25.2 Å². The van der Waals surface area contributed by atoms with Crippen LogP contribution in [0.15, 0.2) is 28.7 Å². The Labute approximate surface area is 130 Å². The van der Waals surface area contributed by atoms with E-state index in [-0.39, 0.29) is 6.04 Å². The third-order valence-corrected chi connectivity index (χ3v) is 3.75. The summed E-state index contributed by atoms with van der Waals surface area (Å²) in [5.41, 5.74) is 0.883. The largest absolute Gasteiger partial charge is 0.493 e. The SMILES string of the molecule is CCc1ccc(C(NC)c2cc(OC)c(OC)cc2Cl)o1. The van der Waals surface area contributed by atoms with Crippen LogP contribution in [0, 0.1) is 0 Å². The van der Waals surface area contributed by atoms with Crippen LogP contribution in [-0.4, -0.2) is 21.3 Å². The summed E-state index contributed by atoms with van der Waals surface area (Å²) in [6.07, 6.45) is 0.857. The zero-order valence-corrected chi connectivity index (χ0v) is 13.5. The van der Waals surface area contributed by atoms with Gasteiger partial charge in [-0.15, -0.1) is 0 Å². The molecule has 0 amide bonds. The molecule has 114 valence electrons. The normalized spacial score (nSPS) is 12.2. The molecule has 0 radical (unpaired) electrons. The lowest BCUT2D eigenvalue weighted by molar-refractivity contribution is 0.353. The van der Waals surface area contributed by atoms with Gasteiger partial charge >= 0.3 is 0 Å². The highest BCUT2D eigenvalue weighted by atomic mass is 35.5. The minimum Gasteiger partial charge on any atom is -0.493 e. The van der Waals surface area contributed by atoms with Crippen molar-refractivity contribution in [3.8, 4) is 11.5 Å². The molecule has 21 heavy (non-hydrogen) atoms. The fourth-order valence-electron chi connectivity index (χ4n) is 2.28. The van der Waals surface area contributed by atoms with E-state index >= 15 is 0 Å². The van der Waals surface area contributed by atoms with E-state index in [2.05, 4.69) is 12.2 Å². The molecule has 0 aliphatic carbocycles. The van der Waals surface area contributed by atoms with Crippen LogP contribution < -0.4 is 14.8 Å². The molecular formula is C16H20ClNO3. The van der Waals surface area contributed by atoms with Gasteiger partial charge in [0, 0.05) is 17.5 Å². The van der Waals surface area contributed by atoms with Crippen molar-refractivity contribution in [2.75, 3.05) is 21.3 Å². The number of nitrogens with one attached hydrogen (secondary N) is 1. The van der Waals surface area contributed by atoms with Crippen LogP contribution in [0.3, 0.4) is 0 Å². The zero-order valence-electron chi connectivity index (χ0n) is 12.7. The van der Waals surface area contributed by atoms with Gasteiger partial charge in [0.15, 0.2) is 11.5 Å². The molecular weight excluding hydrogens is 290 g/mol. The molecule has 4 nitrogen and oxygen atoms in total. The molecule has 1 aromatic heterocycles. The van der Waals surface area contributed by atoms with Gasteiger partial charge in [-0.05, 0) is 30.8 Å². The molecule has 1 aromatic carbocycles. The number of rotatable bonds is 6. The number of hydrogen-bond acceptors (Lipinski definition) is 4. The van der Waals surface area contributed by atoms with Gasteiger partial charge in [0.1, 0.15) is 11.5 Å². The predicted molar refractivity (Wildman–Crippen MR) is 83.5 cm³/mol. The smallest absolute Gasteiger partial charge is 0.162 e. The summed E-state index contributed by atoms with van der Waals surface area (Å²) >= 11 is 6.38. The van der Waals surface area contributed by atoms with Crippen LogP contribution >= 0.6 is 11.6 Å². The maximum absolute atomic E-state index is 6.38. The van der Waals surface area contributed by atoms with Crippen LogP contribution in [0.1, 0.15) is 30.0 Å². The van der Waals surface area contributed by atoms with E-state index in [0.29, 0.717) is 16.5 Å². The number of furan rings is 1. The van der Waals surface area contributed by atoms with Crippen molar-refractivity contribution in [2.24, 2.45) is 0 Å². The van der Waals surface area contributed by atoms with Gasteiger partial charge in [-0.1, -0.05) is 18.5 Å². The lowest BCUT2D eigenvalue weighted by Crippen LogP contribution is -2.17. The van der Waals surface area contributed by atoms with Gasteiger partial charge in [-0.3, -0.25) is 0 Å². The van der Waals surface area contributed by atoms with E-state index in [4.69, 9.17) is 25.5 Å². The topological polar surface area (TPSA) is 43.6 Å². The Morgan fingerprint density at radius 2 is 1.86 bits per heavy atom. The molecule has 0 saturated heterocycles. The summed E-state index contributed by atoms with van der Waals surface area (Å²) < 4.78 is 16.4. The Balaban J connectivity index is 2.46. The van der Waals surface area contributed by atoms with Crippen molar-refractivity contribution in [2.45, 2.75) is 19.4 Å². The molecule has 1 N–H and O–H groups in total. The summed E-state index contributed by atoms with van der Waals surface area (Å²) in [5, 5.41) is 3.83. The van der Waals surface area contributed by atoms with Crippen LogP contribution in [-0.2, 0) is 6.42 Å². The standard InChI is InChI=1S/C16H20ClNO3/c1-5-10-6-7-13(21-10)16(18-2)11-8-14(19-3)15(20-4)9-12(11)17/h6-9,16,18H,5H2,1-4H3. The van der Waals surface area contributed by atoms with Crippen molar-refractivity contribution >= 4 is 11.6 Å². The fourth-order valence-corrected chi connectivity index (χ4v) is 2.54. The van der Waals surface area contributed by atoms with Gasteiger partial charge in [0.2, 0.25) is 0 Å². The summed E-state index contributed by atoms with van der Waals surface area (Å²) in [5.74, 6) is 3.01. The Morgan fingerprint density at radius 3 is 2.38 bits per heavy atom. The highest BCUT2D eigenvalue weighted by Crippen LogP contribution is 2.38. The fraction of sp³-hybridized carbons (Fsp3) is 0.375. The van der Waals surface area contributed by atoms with Gasteiger partial charge < -0.3 is 19.2 Å². The van der Waals surface area contributed by atoms with Gasteiger partial charge in [0.25, 0.3) is 0 Å². The van der Waals surface area contributed by atoms with E-state index < -0.39 is 0 Å². The summed E-state index contributed by atoms with van der Waals surface area (Å²) in [6, 6.07) is 7.43. The number of methoxy groups -OCH3 is 2. The molecule has 1 unspecified atom stereocenters. The molecule has 0 spiro atoms. The van der Waals surface area contributed by atoms with Crippen LogP contribution in [0.2, 0.25) is 5.02 Å². The molecule has 1 atom stereocenters. The quantitative estimate of drug-likeness (QED) is 0.881. The Hall–Kier alpha value is -1.65. The van der Waals surface area contributed by atoms with Crippen LogP contribution in [0.5, 0.6) is 11.5 Å². The Kier molecular flexibility index (Phi) is 5.15. The first kappa shape index (κ1) is 15.7. The molecule has 2 rings (SSSR count). The van der Waals surface area contributed by atoms with Crippen LogP contribution in [0.25, 0.3) is 0 Å². The third-order valence-electron chi connectivity index (χ3n) is 3.42. The lowest BCUT2D eigenvalue weighted by atomic mass is 10.0. The predicted octanol–water partition coefficient (Wildman–Crippen LogP) is 3.82. The third kappa shape index (κ3) is 3.17. The minimum absolute atomic E-state index is 0.141. The second kappa shape index (κ2) is 6.87. The van der Waals surface area contributed by atoms with Gasteiger partial charge in [0.05, 0.1) is 20.3 Å². The maximum Gasteiger partial charge on any atom is 0.162 e. The van der Waals surface area contributed by atoms with E-state index in [1.54, 1.807) is 20.3 Å². The number of halogens is 1. The molecule has 0 aliphatic rings. The summed E-state index contributed by atoms with van der Waals surface area (Å²) in [6.45, 7) is 2.06. The summed E-state index contributed by atoms with van der Waals surface area (Å²) in [7, 11) is 5.06. The van der Waals surface area contributed by atoms with Crippen molar-refractivity contribution in [3.63, 3.8) is 0 Å². The maximum atomic E-state index is 6.38. The number of aryl methyl sites for hydroxylation is 1. The Bertz CT molecular complexity index is 610. The molecule has 5 heteroatoms. The van der Waals surface area contributed by atoms with E-state index in [9.17, 15) is 0 Å². The molecule has 1 heterocycles. The highest BCUT2D eigenvalue weighted by Gasteiger charge is 2.21. The van der Waals surface area contributed by atoms with Gasteiger partial charge in [-0.25, -0.2) is 0 Å². The second-order valence-corrected chi connectivity index (χ2v) is 5.02. The molecule has 0 bridgehead atoms. The van der Waals surface area contributed by atoms with Crippen molar-refractivity contribution in [3.05, 3.63) is 46.4 Å². The van der Waals surface area contributed by atoms with Crippen molar-refractivity contribution in [1.82, 2.24) is 5.32 Å². The number of hydrogen-bond donors (Lipinski definition) is 1. The molecule has 0 saturated carbocycles. The minimum atomic E-state index is -0.141. The summed E-state index contributed by atoms with van der Waals surface area (Å²) in [4.78, 5) is 0. The highest BCUT2D eigenvalue weighted by molar-refractivity contribution is 6.31. The van der Waals surface area contributed by atoms with E-state index in [1.165, 1.54) is 0 Å². The van der Waals surface area contributed by atoms with Crippen molar-refractivity contribution in [1.29, 1.82) is 0 Å². The molecule has 0 aliphatic heterocycles. The van der Waals surface area contributed by atoms with Crippen LogP contribution in [0.4, 0.5) is 0 Å². The average Bonchev–Trinajstić information content (AvgIpc) is 2.98. The van der Waals surface area contributed by atoms with Gasteiger partial charge in [-0.2, -0.15) is 0 Å². The van der Waals surface area contributed by atoms with E-state index in [0.717, 1.165) is 23.5 Å². The molecule has 0 fully saturated rings. The lowest BCUT2D eigenvalue weighted by Gasteiger charge is -2.18. The van der Waals surface area contributed by atoms with Crippen molar-refractivity contribution < 1.29 is 13.9 Å². The zero-order chi connectivity index (χ0) is 15.4. The first-order chi connectivity index (χ1) is 10.1. The second-order valence-electron chi connectivity index (χ2n) is 4.61. The first-order valence-electron chi connectivity index (χ1n) is 6.81. The molecule has 2 aromatic rings. The first-order valence-corrected chi connectivity index (χ1v) is 7.19. The average molecular weight is 310 g/mol. The Morgan fingerprint density at radius 1 is 1.19 bits per heavy atom. The number of benzene rings is 1. The monoisotopic (exact) mass is 309 g/mol. The number of ether oxygens (including phenoxy) is 2.